The van der Waals surface area contributed by atoms with Gasteiger partial charge in [0.25, 0.3) is 0 Å². The maximum Gasteiger partial charge on any atom is 0.210 e. The summed E-state index contributed by atoms with van der Waals surface area (Å²) in [5.74, 6) is 0.635. The summed E-state index contributed by atoms with van der Waals surface area (Å²) in [4.78, 5) is 0. The van der Waals surface area contributed by atoms with Gasteiger partial charge in [-0.3, -0.25) is 0 Å². The predicted octanol–water partition coefficient (Wildman–Crippen LogP) is -0.710. The lowest BCUT2D eigenvalue weighted by Gasteiger charge is -2.16. The molecule has 3 N–H and O–H groups in total. The molecule has 0 heterocycles. The highest BCUT2D eigenvalue weighted by Crippen LogP contribution is 2.32. The third-order valence-electron chi connectivity index (χ3n) is 2.33. The average Bonchev–Trinajstić information content (AvgIpc) is 2.83. The first kappa shape index (κ1) is 11.9. The van der Waals surface area contributed by atoms with Crippen molar-refractivity contribution in [2.45, 2.75) is 18.9 Å². The van der Waals surface area contributed by atoms with Crippen molar-refractivity contribution in [3.05, 3.63) is 0 Å². The van der Waals surface area contributed by atoms with Crippen molar-refractivity contribution >= 4 is 10.0 Å². The van der Waals surface area contributed by atoms with E-state index in [1.165, 1.54) is 12.8 Å². The van der Waals surface area contributed by atoms with Crippen LogP contribution in [0.15, 0.2) is 0 Å². The van der Waals surface area contributed by atoms with E-state index in [1.54, 1.807) is 7.11 Å². The number of hydrogen-bond acceptors (Lipinski definition) is 4. The van der Waals surface area contributed by atoms with E-state index in [0.717, 1.165) is 0 Å². The Morgan fingerprint density at radius 1 is 1.57 bits per heavy atom. The highest BCUT2D eigenvalue weighted by molar-refractivity contribution is 7.89. The molecule has 6 heteroatoms. The van der Waals surface area contributed by atoms with E-state index < -0.39 is 10.0 Å². The van der Waals surface area contributed by atoms with Crippen molar-refractivity contribution in [3.63, 3.8) is 0 Å². The second-order valence-electron chi connectivity index (χ2n) is 3.72. The second kappa shape index (κ2) is 5.06. The zero-order valence-corrected chi connectivity index (χ0v) is 9.22. The van der Waals surface area contributed by atoms with Gasteiger partial charge in [-0.05, 0) is 18.8 Å². The minimum absolute atomic E-state index is 0.0140. The SMILES string of the molecule is COCC(NCCS(N)(=O)=O)C1CC1. The lowest BCUT2D eigenvalue weighted by Crippen LogP contribution is -2.39. The number of primary sulfonamides is 1. The maximum absolute atomic E-state index is 10.7. The summed E-state index contributed by atoms with van der Waals surface area (Å²) in [7, 11) is -1.69. The molecule has 0 saturated heterocycles. The van der Waals surface area contributed by atoms with Gasteiger partial charge in [-0.25, -0.2) is 13.6 Å². The molecular weight excluding hydrogens is 204 g/mol. The molecule has 1 aliphatic carbocycles. The summed E-state index contributed by atoms with van der Waals surface area (Å²) in [6.07, 6.45) is 2.41. The summed E-state index contributed by atoms with van der Waals surface area (Å²) < 4.78 is 26.4. The molecule has 1 fully saturated rings. The maximum atomic E-state index is 10.7. The molecule has 1 unspecified atom stereocenters. The second-order valence-corrected chi connectivity index (χ2v) is 5.45. The Morgan fingerprint density at radius 3 is 2.64 bits per heavy atom. The Labute approximate surface area is 85.1 Å². The molecule has 0 aromatic rings. The fourth-order valence-corrected chi connectivity index (χ4v) is 1.83. The van der Waals surface area contributed by atoms with Crippen molar-refractivity contribution in [2.75, 3.05) is 26.0 Å². The van der Waals surface area contributed by atoms with Gasteiger partial charge in [0.1, 0.15) is 0 Å². The Kier molecular flexibility index (Phi) is 4.31. The summed E-state index contributed by atoms with van der Waals surface area (Å²) in [5.41, 5.74) is 0. The molecule has 84 valence electrons. The van der Waals surface area contributed by atoms with Gasteiger partial charge in [0.2, 0.25) is 10.0 Å². The van der Waals surface area contributed by atoms with Gasteiger partial charge < -0.3 is 10.1 Å². The van der Waals surface area contributed by atoms with E-state index in [0.29, 0.717) is 19.1 Å². The van der Waals surface area contributed by atoms with Gasteiger partial charge in [-0.15, -0.1) is 0 Å². The number of nitrogens with one attached hydrogen (secondary N) is 1. The molecular formula is C8H18N2O3S. The first-order chi connectivity index (χ1) is 6.53. The minimum atomic E-state index is -3.34. The van der Waals surface area contributed by atoms with Crippen LogP contribution in [0.5, 0.6) is 0 Å². The van der Waals surface area contributed by atoms with E-state index >= 15 is 0 Å². The third-order valence-corrected chi connectivity index (χ3v) is 3.10. The molecule has 5 nitrogen and oxygen atoms in total. The Bertz CT molecular complexity index is 262. The molecule has 0 amide bonds. The quantitative estimate of drug-likeness (QED) is 0.596. The smallest absolute Gasteiger partial charge is 0.210 e. The van der Waals surface area contributed by atoms with Crippen LogP contribution in [0.2, 0.25) is 0 Å². The highest BCUT2D eigenvalue weighted by atomic mass is 32.2. The molecule has 1 saturated carbocycles. The Hall–Kier alpha value is -0.170. The molecule has 0 radical (unpaired) electrons. The van der Waals surface area contributed by atoms with E-state index in [1.807, 2.05) is 0 Å². The van der Waals surface area contributed by atoms with Crippen molar-refractivity contribution in [1.29, 1.82) is 0 Å². The van der Waals surface area contributed by atoms with Gasteiger partial charge in [0.15, 0.2) is 0 Å². The number of nitrogens with two attached hydrogens (primary N) is 1. The Morgan fingerprint density at radius 2 is 2.21 bits per heavy atom. The summed E-state index contributed by atoms with van der Waals surface area (Å²) in [5, 5.41) is 8.04. The van der Waals surface area contributed by atoms with Gasteiger partial charge >= 0.3 is 0 Å². The standard InChI is InChI=1S/C8H18N2O3S/c1-13-6-8(7-2-3-7)10-4-5-14(9,11)12/h7-8,10H,2-6H2,1H3,(H2,9,11,12). The van der Waals surface area contributed by atoms with E-state index in [-0.39, 0.29) is 11.8 Å². The van der Waals surface area contributed by atoms with E-state index in [2.05, 4.69) is 5.32 Å². The lowest BCUT2D eigenvalue weighted by molar-refractivity contribution is 0.158. The van der Waals surface area contributed by atoms with Gasteiger partial charge in [0.05, 0.1) is 12.4 Å². The minimum Gasteiger partial charge on any atom is -0.383 e. The van der Waals surface area contributed by atoms with Crippen LogP contribution in [-0.4, -0.2) is 40.5 Å². The molecule has 0 aromatic heterocycles. The summed E-state index contributed by atoms with van der Waals surface area (Å²) >= 11 is 0. The van der Waals surface area contributed by atoms with Crippen LogP contribution in [0.4, 0.5) is 0 Å². The topological polar surface area (TPSA) is 81.4 Å². The monoisotopic (exact) mass is 222 g/mol. The van der Waals surface area contributed by atoms with Crippen molar-refractivity contribution in [1.82, 2.24) is 5.32 Å². The van der Waals surface area contributed by atoms with Crippen LogP contribution in [0.3, 0.4) is 0 Å². The van der Waals surface area contributed by atoms with Crippen LogP contribution < -0.4 is 10.5 Å². The fourth-order valence-electron chi connectivity index (χ4n) is 1.43. The average molecular weight is 222 g/mol. The van der Waals surface area contributed by atoms with Crippen molar-refractivity contribution < 1.29 is 13.2 Å². The van der Waals surface area contributed by atoms with Crippen molar-refractivity contribution in [3.8, 4) is 0 Å². The zero-order valence-electron chi connectivity index (χ0n) is 8.40. The molecule has 0 aromatic carbocycles. The van der Waals surface area contributed by atoms with Crippen LogP contribution in [0, 0.1) is 5.92 Å². The first-order valence-electron chi connectivity index (χ1n) is 4.75. The van der Waals surface area contributed by atoms with Crippen LogP contribution in [0.25, 0.3) is 0 Å². The summed E-state index contributed by atoms with van der Waals surface area (Å²) in [6, 6.07) is 0.279. The zero-order chi connectivity index (χ0) is 10.6. The van der Waals surface area contributed by atoms with E-state index in [4.69, 9.17) is 9.88 Å². The summed E-state index contributed by atoms with van der Waals surface area (Å²) in [6.45, 7) is 1.04. The normalized spacial score (nSPS) is 19.6. The molecule has 1 atom stereocenters. The van der Waals surface area contributed by atoms with Crippen molar-refractivity contribution in [2.24, 2.45) is 11.1 Å². The number of sulfonamides is 1. The third kappa shape index (κ3) is 4.90. The molecule has 0 aliphatic heterocycles. The van der Waals surface area contributed by atoms with Gasteiger partial charge in [-0.2, -0.15) is 0 Å². The Balaban J connectivity index is 2.19. The highest BCUT2D eigenvalue weighted by Gasteiger charge is 2.30. The van der Waals surface area contributed by atoms with Crippen LogP contribution in [-0.2, 0) is 14.8 Å². The van der Waals surface area contributed by atoms with Gasteiger partial charge in [0, 0.05) is 19.7 Å². The number of ether oxygens (including phenoxy) is 1. The fraction of sp³-hybridized carbons (Fsp3) is 1.00. The number of hydrogen-bond donors (Lipinski definition) is 2. The number of rotatable bonds is 7. The largest absolute Gasteiger partial charge is 0.383 e. The van der Waals surface area contributed by atoms with E-state index in [9.17, 15) is 8.42 Å². The van der Waals surface area contributed by atoms with Crippen LogP contribution in [0.1, 0.15) is 12.8 Å². The molecule has 0 bridgehead atoms. The van der Waals surface area contributed by atoms with Gasteiger partial charge in [-0.1, -0.05) is 0 Å². The molecule has 1 rings (SSSR count). The lowest BCUT2D eigenvalue weighted by atomic mass is 10.2. The molecule has 0 spiro atoms. The molecule has 14 heavy (non-hydrogen) atoms. The first-order valence-corrected chi connectivity index (χ1v) is 6.47. The van der Waals surface area contributed by atoms with Crippen LogP contribution >= 0.6 is 0 Å². The number of methoxy groups -OCH3 is 1. The predicted molar refractivity (Wildman–Crippen MR) is 54.4 cm³/mol. The molecule has 1 aliphatic rings.